The quantitative estimate of drug-likeness (QED) is 0.767. The van der Waals surface area contributed by atoms with Crippen LogP contribution in [0.5, 0.6) is 0 Å². The molecule has 0 atom stereocenters. The number of carbonyl (C=O) groups is 1. The van der Waals surface area contributed by atoms with Crippen molar-refractivity contribution < 1.29 is 4.79 Å². The molecule has 90 valence electrons. The third kappa shape index (κ3) is 5.07. The Morgan fingerprint density at radius 3 is 2.88 bits per heavy atom. The highest BCUT2D eigenvalue weighted by Gasteiger charge is 2.01. The maximum Gasteiger partial charge on any atom is 0.319 e. The lowest BCUT2D eigenvalue weighted by Crippen LogP contribution is -2.30. The SMILES string of the molecule is C#Cc1cccc(NC(=O)NCCC(C)C)c1. The molecular formula is C14H18N2O. The van der Waals surface area contributed by atoms with Crippen LogP contribution in [0.3, 0.4) is 0 Å². The van der Waals surface area contributed by atoms with Crippen LogP contribution in [0.25, 0.3) is 0 Å². The first kappa shape index (κ1) is 13.1. The first-order valence-electron chi connectivity index (χ1n) is 5.73. The number of rotatable bonds is 4. The van der Waals surface area contributed by atoms with E-state index in [0.717, 1.165) is 12.0 Å². The molecule has 3 heteroatoms. The van der Waals surface area contributed by atoms with Crippen LogP contribution in [-0.2, 0) is 0 Å². The van der Waals surface area contributed by atoms with E-state index in [2.05, 4.69) is 30.4 Å². The Kier molecular flexibility index (Phi) is 5.09. The van der Waals surface area contributed by atoms with Gasteiger partial charge < -0.3 is 10.6 Å². The van der Waals surface area contributed by atoms with Gasteiger partial charge in [-0.2, -0.15) is 0 Å². The van der Waals surface area contributed by atoms with Crippen LogP contribution < -0.4 is 10.6 Å². The molecule has 0 aliphatic carbocycles. The molecular weight excluding hydrogens is 212 g/mol. The Bertz CT molecular complexity index is 418. The van der Waals surface area contributed by atoms with Gasteiger partial charge in [0.05, 0.1) is 0 Å². The molecule has 1 rings (SSSR count). The number of hydrogen-bond acceptors (Lipinski definition) is 1. The Hall–Kier alpha value is -1.95. The van der Waals surface area contributed by atoms with Crippen LogP contribution in [0.15, 0.2) is 24.3 Å². The van der Waals surface area contributed by atoms with Crippen molar-refractivity contribution in [3.8, 4) is 12.3 Å². The minimum atomic E-state index is -0.195. The van der Waals surface area contributed by atoms with Gasteiger partial charge >= 0.3 is 6.03 Å². The zero-order chi connectivity index (χ0) is 12.7. The predicted molar refractivity (Wildman–Crippen MR) is 70.9 cm³/mol. The number of benzene rings is 1. The van der Waals surface area contributed by atoms with E-state index in [1.165, 1.54) is 0 Å². The number of carbonyl (C=O) groups excluding carboxylic acids is 1. The maximum absolute atomic E-state index is 11.5. The normalized spacial score (nSPS) is 9.76. The first-order valence-corrected chi connectivity index (χ1v) is 5.73. The predicted octanol–water partition coefficient (Wildman–Crippen LogP) is 2.84. The second-order valence-corrected chi connectivity index (χ2v) is 4.29. The van der Waals surface area contributed by atoms with E-state index < -0.39 is 0 Å². The van der Waals surface area contributed by atoms with Gasteiger partial charge in [0.15, 0.2) is 0 Å². The van der Waals surface area contributed by atoms with Gasteiger partial charge in [0.2, 0.25) is 0 Å². The monoisotopic (exact) mass is 230 g/mol. The molecule has 17 heavy (non-hydrogen) atoms. The van der Waals surface area contributed by atoms with E-state index in [-0.39, 0.29) is 6.03 Å². The summed E-state index contributed by atoms with van der Waals surface area (Å²) in [4.78, 5) is 11.5. The third-order valence-electron chi connectivity index (χ3n) is 2.29. The van der Waals surface area contributed by atoms with Crippen LogP contribution >= 0.6 is 0 Å². The first-order chi connectivity index (χ1) is 8.11. The number of anilines is 1. The molecule has 1 aromatic carbocycles. The fourth-order valence-corrected chi connectivity index (χ4v) is 1.34. The molecule has 0 saturated heterocycles. The van der Waals surface area contributed by atoms with Crippen molar-refractivity contribution in [1.82, 2.24) is 5.32 Å². The topological polar surface area (TPSA) is 41.1 Å². The van der Waals surface area contributed by atoms with Crippen molar-refractivity contribution in [1.29, 1.82) is 0 Å². The van der Waals surface area contributed by atoms with Gasteiger partial charge in [0.25, 0.3) is 0 Å². The Morgan fingerprint density at radius 2 is 2.24 bits per heavy atom. The van der Waals surface area contributed by atoms with Crippen molar-refractivity contribution in [2.45, 2.75) is 20.3 Å². The number of urea groups is 1. The number of nitrogens with one attached hydrogen (secondary N) is 2. The van der Waals surface area contributed by atoms with Gasteiger partial charge in [0, 0.05) is 17.8 Å². The summed E-state index contributed by atoms with van der Waals surface area (Å²) in [5, 5.41) is 5.54. The zero-order valence-corrected chi connectivity index (χ0v) is 10.3. The highest BCUT2D eigenvalue weighted by Crippen LogP contribution is 2.09. The summed E-state index contributed by atoms with van der Waals surface area (Å²) in [7, 11) is 0. The van der Waals surface area contributed by atoms with E-state index >= 15 is 0 Å². The highest BCUT2D eigenvalue weighted by molar-refractivity contribution is 5.89. The lowest BCUT2D eigenvalue weighted by Gasteiger charge is -2.09. The Labute approximate surface area is 103 Å². The summed E-state index contributed by atoms with van der Waals surface area (Å²) >= 11 is 0. The van der Waals surface area contributed by atoms with Gasteiger partial charge in [-0.1, -0.05) is 25.8 Å². The summed E-state index contributed by atoms with van der Waals surface area (Å²) < 4.78 is 0. The average molecular weight is 230 g/mol. The average Bonchev–Trinajstić information content (AvgIpc) is 2.28. The van der Waals surface area contributed by atoms with E-state index in [4.69, 9.17) is 6.42 Å². The van der Waals surface area contributed by atoms with Gasteiger partial charge in [-0.25, -0.2) is 4.79 Å². The lowest BCUT2D eigenvalue weighted by atomic mass is 10.1. The van der Waals surface area contributed by atoms with E-state index in [0.29, 0.717) is 18.2 Å². The second-order valence-electron chi connectivity index (χ2n) is 4.29. The van der Waals surface area contributed by atoms with Crippen LogP contribution in [0, 0.1) is 18.3 Å². The number of terminal acetylenes is 1. The van der Waals surface area contributed by atoms with Crippen molar-refractivity contribution in [3.63, 3.8) is 0 Å². The number of hydrogen-bond donors (Lipinski definition) is 2. The molecule has 2 N–H and O–H groups in total. The van der Waals surface area contributed by atoms with Gasteiger partial charge in [-0.05, 0) is 30.5 Å². The molecule has 0 aliphatic rings. The van der Waals surface area contributed by atoms with Crippen molar-refractivity contribution in [2.24, 2.45) is 5.92 Å². The minimum absolute atomic E-state index is 0.195. The largest absolute Gasteiger partial charge is 0.338 e. The highest BCUT2D eigenvalue weighted by atomic mass is 16.2. The molecule has 2 amide bonds. The molecule has 1 aromatic rings. The fraction of sp³-hybridized carbons (Fsp3) is 0.357. The second kappa shape index (κ2) is 6.59. The smallest absolute Gasteiger partial charge is 0.319 e. The van der Waals surface area contributed by atoms with Crippen LogP contribution in [-0.4, -0.2) is 12.6 Å². The van der Waals surface area contributed by atoms with Crippen molar-refractivity contribution in [3.05, 3.63) is 29.8 Å². The standard InChI is InChI=1S/C14H18N2O/c1-4-12-6-5-7-13(10-12)16-14(17)15-9-8-11(2)3/h1,5-7,10-11H,8-9H2,2-3H3,(H2,15,16,17). The molecule has 0 bridgehead atoms. The Morgan fingerprint density at radius 1 is 1.47 bits per heavy atom. The fourth-order valence-electron chi connectivity index (χ4n) is 1.34. The summed E-state index contributed by atoms with van der Waals surface area (Å²) in [6.45, 7) is 4.92. The van der Waals surface area contributed by atoms with Crippen molar-refractivity contribution in [2.75, 3.05) is 11.9 Å². The maximum atomic E-state index is 11.5. The van der Waals surface area contributed by atoms with E-state index in [9.17, 15) is 4.79 Å². The molecule has 0 aliphatic heterocycles. The van der Waals surface area contributed by atoms with Gasteiger partial charge in [0.1, 0.15) is 0 Å². The van der Waals surface area contributed by atoms with Gasteiger partial charge in [-0.3, -0.25) is 0 Å². The number of amides is 2. The van der Waals surface area contributed by atoms with Crippen LogP contribution in [0.2, 0.25) is 0 Å². The molecule has 0 radical (unpaired) electrons. The summed E-state index contributed by atoms with van der Waals surface area (Å²) in [6, 6.07) is 7.02. The molecule has 0 heterocycles. The summed E-state index contributed by atoms with van der Waals surface area (Å²) in [5.74, 6) is 3.11. The summed E-state index contributed by atoms with van der Waals surface area (Å²) in [5.41, 5.74) is 1.47. The molecule has 0 unspecified atom stereocenters. The third-order valence-corrected chi connectivity index (χ3v) is 2.29. The lowest BCUT2D eigenvalue weighted by molar-refractivity contribution is 0.251. The van der Waals surface area contributed by atoms with Crippen LogP contribution in [0.1, 0.15) is 25.8 Å². The van der Waals surface area contributed by atoms with Crippen molar-refractivity contribution >= 4 is 11.7 Å². The van der Waals surface area contributed by atoms with E-state index in [1.807, 2.05) is 18.2 Å². The molecule has 3 nitrogen and oxygen atoms in total. The minimum Gasteiger partial charge on any atom is -0.338 e. The Balaban J connectivity index is 2.43. The molecule has 0 saturated carbocycles. The van der Waals surface area contributed by atoms with E-state index in [1.54, 1.807) is 6.07 Å². The molecule has 0 aromatic heterocycles. The molecule has 0 spiro atoms. The van der Waals surface area contributed by atoms with Crippen LogP contribution in [0.4, 0.5) is 10.5 Å². The van der Waals surface area contributed by atoms with Gasteiger partial charge in [-0.15, -0.1) is 6.42 Å². The molecule has 0 fully saturated rings. The summed E-state index contributed by atoms with van der Waals surface area (Å²) in [6.07, 6.45) is 6.25. The zero-order valence-electron chi connectivity index (χ0n) is 10.3.